The second kappa shape index (κ2) is 4.60. The Morgan fingerprint density at radius 2 is 1.95 bits per heavy atom. The summed E-state index contributed by atoms with van der Waals surface area (Å²) >= 11 is 0. The van der Waals surface area contributed by atoms with E-state index in [0.717, 1.165) is 5.56 Å². The summed E-state index contributed by atoms with van der Waals surface area (Å²) in [6.45, 7) is 1.97. The van der Waals surface area contributed by atoms with Gasteiger partial charge in [-0.1, -0.05) is 12.1 Å². The first-order chi connectivity index (χ1) is 9.22. The van der Waals surface area contributed by atoms with Crippen molar-refractivity contribution in [2.75, 3.05) is 5.32 Å². The van der Waals surface area contributed by atoms with Crippen molar-refractivity contribution in [3.05, 3.63) is 47.8 Å². The van der Waals surface area contributed by atoms with Crippen molar-refractivity contribution >= 4 is 11.5 Å². The topological polar surface area (TPSA) is 68.0 Å². The van der Waals surface area contributed by atoms with Gasteiger partial charge in [0.05, 0.1) is 6.04 Å². The summed E-state index contributed by atoms with van der Waals surface area (Å²) in [6.07, 6.45) is 0. The minimum absolute atomic E-state index is 0.00188. The monoisotopic (exact) mass is 258 g/mol. The average molecular weight is 258 g/mol. The molecule has 96 valence electrons. The van der Waals surface area contributed by atoms with E-state index in [2.05, 4.69) is 25.9 Å². The highest BCUT2D eigenvalue weighted by molar-refractivity contribution is 5.43. The van der Waals surface area contributed by atoms with E-state index in [1.54, 1.807) is 24.3 Å². The van der Waals surface area contributed by atoms with Crippen LogP contribution in [0.3, 0.4) is 0 Å². The van der Waals surface area contributed by atoms with Crippen LogP contribution in [0.25, 0.3) is 5.65 Å². The summed E-state index contributed by atoms with van der Waals surface area (Å²) in [5.74, 6) is 0.404. The highest BCUT2D eigenvalue weighted by atomic mass is 19.1. The molecular weight excluding hydrogens is 247 g/mol. The lowest BCUT2D eigenvalue weighted by atomic mass is 10.1. The number of fused-ring (bicyclic) bond motifs is 1. The third-order valence-corrected chi connectivity index (χ3v) is 2.80. The van der Waals surface area contributed by atoms with Gasteiger partial charge in [0.2, 0.25) is 0 Å². The molecule has 3 aromatic rings. The van der Waals surface area contributed by atoms with Gasteiger partial charge >= 0.3 is 0 Å². The Kier molecular flexibility index (Phi) is 2.79. The Balaban J connectivity index is 1.81. The molecule has 2 aromatic heterocycles. The van der Waals surface area contributed by atoms with Crippen LogP contribution in [0, 0.1) is 5.82 Å². The van der Waals surface area contributed by atoms with Crippen molar-refractivity contribution in [3.63, 3.8) is 0 Å². The van der Waals surface area contributed by atoms with E-state index < -0.39 is 0 Å². The highest BCUT2D eigenvalue weighted by Crippen LogP contribution is 2.17. The number of rotatable bonds is 3. The van der Waals surface area contributed by atoms with Gasteiger partial charge in [0.25, 0.3) is 0 Å². The minimum Gasteiger partial charge on any atom is -0.362 e. The largest absolute Gasteiger partial charge is 0.362 e. The molecule has 0 aliphatic rings. The molecule has 0 aliphatic heterocycles. The molecule has 0 fully saturated rings. The van der Waals surface area contributed by atoms with Gasteiger partial charge in [0.1, 0.15) is 11.6 Å². The van der Waals surface area contributed by atoms with Gasteiger partial charge in [-0.15, -0.1) is 14.8 Å². The molecule has 0 bridgehead atoms. The molecule has 0 radical (unpaired) electrons. The lowest BCUT2D eigenvalue weighted by molar-refractivity contribution is 0.626. The van der Waals surface area contributed by atoms with Crippen molar-refractivity contribution in [1.82, 2.24) is 25.3 Å². The quantitative estimate of drug-likeness (QED) is 0.776. The van der Waals surface area contributed by atoms with E-state index in [1.165, 1.54) is 16.8 Å². The number of nitrogens with zero attached hydrogens (tertiary/aromatic N) is 5. The van der Waals surface area contributed by atoms with E-state index in [1.807, 2.05) is 6.92 Å². The average Bonchev–Trinajstić information content (AvgIpc) is 2.87. The van der Waals surface area contributed by atoms with Gasteiger partial charge in [-0.3, -0.25) is 0 Å². The first-order valence-electron chi connectivity index (χ1n) is 5.80. The summed E-state index contributed by atoms with van der Waals surface area (Å²) in [5, 5.41) is 18.4. The van der Waals surface area contributed by atoms with Crippen LogP contribution in [-0.4, -0.2) is 25.3 Å². The predicted molar refractivity (Wildman–Crippen MR) is 67.0 cm³/mol. The van der Waals surface area contributed by atoms with E-state index >= 15 is 0 Å². The molecule has 6 nitrogen and oxygen atoms in total. The van der Waals surface area contributed by atoms with Crippen LogP contribution in [0.1, 0.15) is 18.5 Å². The van der Waals surface area contributed by atoms with Crippen LogP contribution in [0.5, 0.6) is 0 Å². The molecule has 7 heteroatoms. The maximum atomic E-state index is 12.9. The zero-order chi connectivity index (χ0) is 13.2. The Hall–Kier alpha value is -2.57. The zero-order valence-electron chi connectivity index (χ0n) is 10.2. The van der Waals surface area contributed by atoms with E-state index in [4.69, 9.17) is 0 Å². The van der Waals surface area contributed by atoms with Crippen LogP contribution in [0.15, 0.2) is 36.4 Å². The number of anilines is 1. The van der Waals surface area contributed by atoms with Gasteiger partial charge in [-0.05, 0) is 47.2 Å². The number of benzene rings is 1. The number of hydrogen-bond donors (Lipinski definition) is 1. The van der Waals surface area contributed by atoms with Gasteiger partial charge < -0.3 is 5.32 Å². The Labute approximate surface area is 108 Å². The van der Waals surface area contributed by atoms with Crippen molar-refractivity contribution in [2.24, 2.45) is 0 Å². The van der Waals surface area contributed by atoms with Crippen molar-refractivity contribution in [3.8, 4) is 0 Å². The zero-order valence-corrected chi connectivity index (χ0v) is 10.2. The fourth-order valence-corrected chi connectivity index (χ4v) is 1.78. The van der Waals surface area contributed by atoms with Crippen LogP contribution < -0.4 is 5.32 Å². The number of nitrogens with one attached hydrogen (secondary N) is 1. The fourth-order valence-electron chi connectivity index (χ4n) is 1.78. The van der Waals surface area contributed by atoms with Gasteiger partial charge in [-0.2, -0.15) is 0 Å². The standard InChI is InChI=1S/C12H11FN6/c1-8(9-2-4-10(13)5-3-9)14-11-6-7-12-15-17-18-19(12)16-11/h2-8H,1H3,(H,14,16)/t8-/m0/s1. The number of tetrazole rings is 1. The summed E-state index contributed by atoms with van der Waals surface area (Å²) in [6, 6.07) is 9.92. The molecule has 2 heterocycles. The SMILES string of the molecule is C[C@H](Nc1ccc2nnnn2n1)c1ccc(F)cc1. The molecule has 0 amide bonds. The van der Waals surface area contributed by atoms with Gasteiger partial charge in [0, 0.05) is 0 Å². The highest BCUT2D eigenvalue weighted by Gasteiger charge is 2.07. The molecular formula is C12H11FN6. The summed E-state index contributed by atoms with van der Waals surface area (Å²) in [7, 11) is 0. The first-order valence-corrected chi connectivity index (χ1v) is 5.80. The van der Waals surface area contributed by atoms with E-state index in [0.29, 0.717) is 11.5 Å². The first kappa shape index (κ1) is 11.5. The third-order valence-electron chi connectivity index (χ3n) is 2.80. The second-order valence-corrected chi connectivity index (χ2v) is 4.16. The molecule has 0 saturated heterocycles. The van der Waals surface area contributed by atoms with Crippen LogP contribution in [0.2, 0.25) is 0 Å². The maximum Gasteiger partial charge on any atom is 0.200 e. The predicted octanol–water partition coefficient (Wildman–Crippen LogP) is 1.83. The van der Waals surface area contributed by atoms with E-state index in [9.17, 15) is 4.39 Å². The number of hydrogen-bond acceptors (Lipinski definition) is 5. The van der Waals surface area contributed by atoms with Gasteiger partial charge in [0.15, 0.2) is 5.65 Å². The fraction of sp³-hybridized carbons (Fsp3) is 0.167. The van der Waals surface area contributed by atoms with Crippen molar-refractivity contribution in [2.45, 2.75) is 13.0 Å². The van der Waals surface area contributed by atoms with Gasteiger partial charge in [-0.25, -0.2) is 4.39 Å². The van der Waals surface area contributed by atoms with Crippen LogP contribution in [0.4, 0.5) is 10.2 Å². The normalized spacial score (nSPS) is 12.5. The summed E-state index contributed by atoms with van der Waals surface area (Å²) in [5.41, 5.74) is 1.56. The Morgan fingerprint density at radius 1 is 1.16 bits per heavy atom. The molecule has 0 aliphatic carbocycles. The Morgan fingerprint density at radius 3 is 2.74 bits per heavy atom. The second-order valence-electron chi connectivity index (χ2n) is 4.16. The molecule has 0 unspecified atom stereocenters. The van der Waals surface area contributed by atoms with Crippen molar-refractivity contribution in [1.29, 1.82) is 0 Å². The van der Waals surface area contributed by atoms with Crippen molar-refractivity contribution < 1.29 is 4.39 Å². The molecule has 0 spiro atoms. The summed E-state index contributed by atoms with van der Waals surface area (Å²) < 4.78 is 14.2. The lowest BCUT2D eigenvalue weighted by Gasteiger charge is -2.14. The Bertz CT molecular complexity index is 693. The molecule has 19 heavy (non-hydrogen) atoms. The smallest absolute Gasteiger partial charge is 0.200 e. The van der Waals surface area contributed by atoms with E-state index in [-0.39, 0.29) is 11.9 Å². The lowest BCUT2D eigenvalue weighted by Crippen LogP contribution is -2.09. The molecule has 1 atom stereocenters. The minimum atomic E-state index is -0.246. The molecule has 1 aromatic carbocycles. The number of aromatic nitrogens is 5. The summed E-state index contributed by atoms with van der Waals surface area (Å²) in [4.78, 5) is 0. The van der Waals surface area contributed by atoms with Crippen LogP contribution >= 0.6 is 0 Å². The molecule has 0 saturated carbocycles. The maximum absolute atomic E-state index is 12.9. The van der Waals surface area contributed by atoms with Crippen LogP contribution in [-0.2, 0) is 0 Å². The molecule has 3 rings (SSSR count). The third kappa shape index (κ3) is 2.35. The molecule has 1 N–H and O–H groups in total. The number of halogens is 1.